The van der Waals surface area contributed by atoms with Crippen molar-refractivity contribution in [2.24, 2.45) is 0 Å². The summed E-state index contributed by atoms with van der Waals surface area (Å²) >= 11 is 0. The average molecular weight is 399 g/mol. The Hall–Kier alpha value is -2.80. The van der Waals surface area contributed by atoms with Crippen LogP contribution >= 0.6 is 0 Å². The minimum absolute atomic E-state index is 0.0609. The first kappa shape index (κ1) is 22.5. The standard InChI is InChI=1S/C22H30N4O3/c1-18(9-10-19-7-4-3-5-8-19)25-21(27)11-15-26(14-6-16-29-2)22(28)20-17-23-12-13-24-20/h3-5,7-8,12-13,17-18H,6,9-11,14-16H2,1-2H3,(H,25,27). The van der Waals surface area contributed by atoms with Gasteiger partial charge in [0.05, 0.1) is 6.20 Å². The van der Waals surface area contributed by atoms with E-state index < -0.39 is 0 Å². The summed E-state index contributed by atoms with van der Waals surface area (Å²) in [7, 11) is 1.62. The van der Waals surface area contributed by atoms with Gasteiger partial charge in [-0.25, -0.2) is 4.98 Å². The van der Waals surface area contributed by atoms with Gasteiger partial charge in [-0.1, -0.05) is 30.3 Å². The molecule has 0 saturated heterocycles. The van der Waals surface area contributed by atoms with Gasteiger partial charge in [0, 0.05) is 51.7 Å². The van der Waals surface area contributed by atoms with Crippen molar-refractivity contribution in [3.8, 4) is 0 Å². The van der Waals surface area contributed by atoms with Crippen LogP contribution < -0.4 is 5.32 Å². The number of nitrogens with one attached hydrogen (secondary N) is 1. The zero-order chi connectivity index (χ0) is 20.9. The third-order valence-electron chi connectivity index (χ3n) is 4.57. The highest BCUT2D eigenvalue weighted by Crippen LogP contribution is 2.06. The minimum atomic E-state index is -0.223. The number of methoxy groups -OCH3 is 1. The predicted molar refractivity (Wildman–Crippen MR) is 111 cm³/mol. The lowest BCUT2D eigenvalue weighted by Crippen LogP contribution is -2.39. The summed E-state index contributed by atoms with van der Waals surface area (Å²) in [6, 6.07) is 10.3. The highest BCUT2D eigenvalue weighted by Gasteiger charge is 2.18. The van der Waals surface area contributed by atoms with Crippen LogP contribution in [0.15, 0.2) is 48.9 Å². The monoisotopic (exact) mass is 398 g/mol. The van der Waals surface area contributed by atoms with E-state index >= 15 is 0 Å². The number of rotatable bonds is 12. The van der Waals surface area contributed by atoms with Crippen molar-refractivity contribution in [2.75, 3.05) is 26.8 Å². The van der Waals surface area contributed by atoms with E-state index in [1.54, 1.807) is 12.0 Å². The molecule has 0 radical (unpaired) electrons. The molecule has 1 aromatic heterocycles. The first-order chi connectivity index (χ1) is 14.1. The van der Waals surface area contributed by atoms with Crippen LogP contribution in [0.5, 0.6) is 0 Å². The van der Waals surface area contributed by atoms with Crippen molar-refractivity contribution in [1.82, 2.24) is 20.2 Å². The van der Waals surface area contributed by atoms with Crippen LogP contribution in [0.25, 0.3) is 0 Å². The van der Waals surface area contributed by atoms with Gasteiger partial charge in [-0.15, -0.1) is 0 Å². The molecular formula is C22H30N4O3. The summed E-state index contributed by atoms with van der Waals surface area (Å²) in [5.41, 5.74) is 1.54. The number of ether oxygens (including phenoxy) is 1. The molecule has 7 nitrogen and oxygen atoms in total. The lowest BCUT2D eigenvalue weighted by molar-refractivity contribution is -0.121. The van der Waals surface area contributed by atoms with Crippen LogP contribution in [-0.4, -0.2) is 59.5 Å². The molecule has 0 bridgehead atoms. The number of aryl methyl sites for hydroxylation is 1. The number of hydrogen-bond acceptors (Lipinski definition) is 5. The van der Waals surface area contributed by atoms with E-state index in [2.05, 4.69) is 27.4 Å². The van der Waals surface area contributed by atoms with Crippen molar-refractivity contribution in [3.05, 3.63) is 60.2 Å². The molecule has 1 unspecified atom stereocenters. The fourth-order valence-corrected chi connectivity index (χ4v) is 2.97. The van der Waals surface area contributed by atoms with Crippen LogP contribution in [0, 0.1) is 0 Å². The molecule has 1 aromatic carbocycles. The van der Waals surface area contributed by atoms with Gasteiger partial charge in [0.25, 0.3) is 5.91 Å². The minimum Gasteiger partial charge on any atom is -0.385 e. The summed E-state index contributed by atoms with van der Waals surface area (Å²) in [6.45, 7) is 3.38. The van der Waals surface area contributed by atoms with E-state index in [1.165, 1.54) is 24.2 Å². The molecule has 1 heterocycles. The maximum atomic E-state index is 12.7. The largest absolute Gasteiger partial charge is 0.385 e. The molecule has 2 amide bonds. The summed E-state index contributed by atoms with van der Waals surface area (Å²) in [4.78, 5) is 34.7. The Morgan fingerprint density at radius 2 is 1.97 bits per heavy atom. The van der Waals surface area contributed by atoms with Gasteiger partial charge >= 0.3 is 0 Å². The number of benzene rings is 1. The van der Waals surface area contributed by atoms with Gasteiger partial charge in [-0.2, -0.15) is 0 Å². The molecule has 0 saturated carbocycles. The van der Waals surface area contributed by atoms with Gasteiger partial charge < -0.3 is 15.0 Å². The molecule has 2 rings (SSSR count). The number of hydrogen-bond donors (Lipinski definition) is 1. The topological polar surface area (TPSA) is 84.4 Å². The first-order valence-electron chi connectivity index (χ1n) is 9.97. The van der Waals surface area contributed by atoms with E-state index in [4.69, 9.17) is 4.74 Å². The van der Waals surface area contributed by atoms with E-state index in [0.717, 1.165) is 12.8 Å². The third kappa shape index (κ3) is 8.39. The Kier molecular flexibility index (Phi) is 9.78. The molecule has 0 aliphatic carbocycles. The zero-order valence-corrected chi connectivity index (χ0v) is 17.2. The molecule has 0 aliphatic rings. The van der Waals surface area contributed by atoms with E-state index in [-0.39, 0.29) is 30.0 Å². The molecule has 2 aromatic rings. The Balaban J connectivity index is 1.81. The lowest BCUT2D eigenvalue weighted by Gasteiger charge is -2.22. The van der Waals surface area contributed by atoms with Crippen molar-refractivity contribution in [1.29, 1.82) is 0 Å². The number of carbonyl (C=O) groups is 2. The molecule has 29 heavy (non-hydrogen) atoms. The lowest BCUT2D eigenvalue weighted by atomic mass is 10.1. The molecule has 0 aliphatic heterocycles. The maximum absolute atomic E-state index is 12.7. The van der Waals surface area contributed by atoms with Crippen molar-refractivity contribution >= 4 is 11.8 Å². The molecule has 0 spiro atoms. The zero-order valence-electron chi connectivity index (χ0n) is 17.2. The Bertz CT molecular complexity index is 740. The SMILES string of the molecule is COCCCN(CCC(=O)NC(C)CCc1ccccc1)C(=O)c1cnccn1. The molecule has 0 fully saturated rings. The van der Waals surface area contributed by atoms with Crippen LogP contribution in [0.4, 0.5) is 0 Å². The summed E-state index contributed by atoms with van der Waals surface area (Å²) < 4.78 is 5.07. The molecule has 7 heteroatoms. The van der Waals surface area contributed by atoms with E-state index in [0.29, 0.717) is 26.1 Å². The second-order valence-corrected chi connectivity index (χ2v) is 6.97. The number of carbonyl (C=O) groups excluding carboxylic acids is 2. The molecule has 156 valence electrons. The molecule has 1 atom stereocenters. The summed E-state index contributed by atoms with van der Waals surface area (Å²) in [6.07, 6.45) is 7.17. The second kappa shape index (κ2) is 12.6. The quantitative estimate of drug-likeness (QED) is 0.555. The number of aromatic nitrogens is 2. The van der Waals surface area contributed by atoms with Crippen LogP contribution in [0.1, 0.15) is 42.2 Å². The van der Waals surface area contributed by atoms with Gasteiger partial charge in [0.15, 0.2) is 0 Å². The number of amides is 2. The summed E-state index contributed by atoms with van der Waals surface area (Å²) in [5.74, 6) is -0.284. The maximum Gasteiger partial charge on any atom is 0.274 e. The predicted octanol–water partition coefficient (Wildman–Crippen LogP) is 2.48. The fraction of sp³-hybridized carbons (Fsp3) is 0.455. The third-order valence-corrected chi connectivity index (χ3v) is 4.57. The van der Waals surface area contributed by atoms with Crippen molar-refractivity contribution in [2.45, 2.75) is 38.6 Å². The normalized spacial score (nSPS) is 11.7. The number of nitrogens with zero attached hydrogens (tertiary/aromatic N) is 3. The van der Waals surface area contributed by atoms with E-state index in [9.17, 15) is 9.59 Å². The van der Waals surface area contributed by atoms with Gasteiger partial charge in [-0.3, -0.25) is 14.6 Å². The molecule has 1 N–H and O–H groups in total. The fourth-order valence-electron chi connectivity index (χ4n) is 2.97. The Morgan fingerprint density at radius 1 is 1.17 bits per heavy atom. The highest BCUT2D eigenvalue weighted by atomic mass is 16.5. The molecular weight excluding hydrogens is 368 g/mol. The average Bonchev–Trinajstić information content (AvgIpc) is 2.75. The van der Waals surface area contributed by atoms with Gasteiger partial charge in [0.1, 0.15) is 5.69 Å². The summed E-state index contributed by atoms with van der Waals surface area (Å²) in [5, 5.41) is 3.02. The van der Waals surface area contributed by atoms with Crippen molar-refractivity contribution in [3.63, 3.8) is 0 Å². The Labute approximate surface area is 172 Å². The van der Waals surface area contributed by atoms with Gasteiger partial charge in [0.2, 0.25) is 5.91 Å². The first-order valence-corrected chi connectivity index (χ1v) is 9.97. The highest BCUT2D eigenvalue weighted by molar-refractivity contribution is 5.92. The Morgan fingerprint density at radius 3 is 2.66 bits per heavy atom. The smallest absolute Gasteiger partial charge is 0.274 e. The van der Waals surface area contributed by atoms with Gasteiger partial charge in [-0.05, 0) is 31.7 Å². The van der Waals surface area contributed by atoms with Crippen LogP contribution in [0.2, 0.25) is 0 Å². The van der Waals surface area contributed by atoms with Crippen molar-refractivity contribution < 1.29 is 14.3 Å². The van der Waals surface area contributed by atoms with Crippen LogP contribution in [0.3, 0.4) is 0 Å². The second-order valence-electron chi connectivity index (χ2n) is 6.97. The van der Waals surface area contributed by atoms with Crippen LogP contribution in [-0.2, 0) is 16.0 Å². The van der Waals surface area contributed by atoms with E-state index in [1.807, 2.05) is 25.1 Å².